The van der Waals surface area contributed by atoms with E-state index < -0.39 is 6.29 Å². The molecule has 138 valence electrons. The van der Waals surface area contributed by atoms with E-state index in [0.29, 0.717) is 0 Å². The number of aromatic nitrogens is 1. The van der Waals surface area contributed by atoms with E-state index in [9.17, 15) is 5.11 Å². The zero-order chi connectivity index (χ0) is 18.1. The van der Waals surface area contributed by atoms with E-state index in [1.807, 2.05) is 13.0 Å². The minimum absolute atomic E-state index is 0.169. The number of epoxide rings is 1. The Balaban J connectivity index is 1.38. The number of hydrogen-bond acceptors (Lipinski definition) is 5. The normalized spacial score (nSPS) is 28.0. The van der Waals surface area contributed by atoms with Crippen molar-refractivity contribution in [3.8, 4) is 0 Å². The third kappa shape index (κ3) is 3.75. The fourth-order valence-corrected chi connectivity index (χ4v) is 3.66. The highest BCUT2D eigenvalue weighted by Crippen LogP contribution is 2.39. The van der Waals surface area contributed by atoms with Gasteiger partial charge in [0.2, 0.25) is 0 Å². The van der Waals surface area contributed by atoms with Gasteiger partial charge in [0.25, 0.3) is 0 Å². The first-order valence-electron chi connectivity index (χ1n) is 9.37. The molecule has 0 bridgehead atoms. The minimum Gasteiger partial charge on any atom is -0.368 e. The van der Waals surface area contributed by atoms with Crippen LogP contribution < -0.4 is 5.32 Å². The van der Waals surface area contributed by atoms with Gasteiger partial charge in [0, 0.05) is 12.7 Å². The van der Waals surface area contributed by atoms with Crippen molar-refractivity contribution in [2.75, 3.05) is 11.9 Å². The van der Waals surface area contributed by atoms with Crippen molar-refractivity contribution in [3.05, 3.63) is 58.8 Å². The van der Waals surface area contributed by atoms with Crippen molar-refractivity contribution in [3.63, 3.8) is 0 Å². The Hall–Kier alpha value is -1.95. The Morgan fingerprint density at radius 1 is 1.12 bits per heavy atom. The summed E-state index contributed by atoms with van der Waals surface area (Å²) in [6.07, 6.45) is 4.50. The summed E-state index contributed by atoms with van der Waals surface area (Å²) in [6, 6.07) is 10.5. The first kappa shape index (κ1) is 17.5. The van der Waals surface area contributed by atoms with Crippen LogP contribution in [0.25, 0.3) is 0 Å². The first-order chi connectivity index (χ1) is 12.6. The molecule has 0 aliphatic carbocycles. The Kier molecular flexibility index (Phi) is 4.94. The summed E-state index contributed by atoms with van der Waals surface area (Å²) in [5.74, 6) is 0.839. The van der Waals surface area contributed by atoms with Gasteiger partial charge in [-0.1, -0.05) is 29.8 Å². The predicted octanol–water partition coefficient (Wildman–Crippen LogP) is 3.81. The lowest BCUT2D eigenvalue weighted by atomic mass is 9.97. The molecule has 4 rings (SSSR count). The highest BCUT2D eigenvalue weighted by Gasteiger charge is 2.39. The monoisotopic (exact) mass is 354 g/mol. The van der Waals surface area contributed by atoms with Crippen molar-refractivity contribution < 1.29 is 14.6 Å². The third-order valence-electron chi connectivity index (χ3n) is 5.32. The third-order valence-corrected chi connectivity index (χ3v) is 5.32. The molecule has 0 amide bonds. The summed E-state index contributed by atoms with van der Waals surface area (Å²) in [7, 11) is 0. The van der Waals surface area contributed by atoms with Gasteiger partial charge in [0.05, 0.1) is 12.2 Å². The van der Waals surface area contributed by atoms with Crippen LogP contribution in [0.5, 0.6) is 0 Å². The molecule has 2 N–H and O–H groups in total. The topological polar surface area (TPSA) is 66.9 Å². The van der Waals surface area contributed by atoms with Crippen molar-refractivity contribution in [1.29, 1.82) is 0 Å². The molecule has 2 unspecified atom stereocenters. The summed E-state index contributed by atoms with van der Waals surface area (Å²) >= 11 is 0. The zero-order valence-electron chi connectivity index (χ0n) is 15.3. The van der Waals surface area contributed by atoms with Crippen LogP contribution in [-0.2, 0) is 9.47 Å². The van der Waals surface area contributed by atoms with Crippen LogP contribution in [-0.4, -0.2) is 29.0 Å². The number of hydrogen-bond donors (Lipinski definition) is 2. The van der Waals surface area contributed by atoms with Crippen molar-refractivity contribution >= 4 is 5.82 Å². The second kappa shape index (κ2) is 7.35. The minimum atomic E-state index is -0.680. The molecular weight excluding hydrogens is 328 g/mol. The molecule has 1 aromatic heterocycles. The van der Waals surface area contributed by atoms with E-state index in [1.54, 1.807) is 6.20 Å². The molecule has 4 atom stereocenters. The Bertz CT molecular complexity index is 762. The van der Waals surface area contributed by atoms with Crippen molar-refractivity contribution in [1.82, 2.24) is 4.98 Å². The molecule has 0 radical (unpaired) electrons. The molecule has 2 aliphatic heterocycles. The van der Waals surface area contributed by atoms with Crippen molar-refractivity contribution in [2.24, 2.45) is 0 Å². The van der Waals surface area contributed by atoms with Gasteiger partial charge in [-0.2, -0.15) is 0 Å². The maximum absolute atomic E-state index is 9.50. The summed E-state index contributed by atoms with van der Waals surface area (Å²) in [4.78, 5) is 4.44. The number of ether oxygens (including phenoxy) is 2. The lowest BCUT2D eigenvalue weighted by Gasteiger charge is -2.31. The first-order valence-corrected chi connectivity index (χ1v) is 9.37. The molecule has 2 aliphatic rings. The molecule has 0 saturated carbocycles. The second-order valence-electron chi connectivity index (χ2n) is 7.29. The van der Waals surface area contributed by atoms with E-state index in [1.165, 1.54) is 17.5 Å². The number of aliphatic hydroxyl groups is 1. The molecule has 2 saturated heterocycles. The molecule has 3 heterocycles. The summed E-state index contributed by atoms with van der Waals surface area (Å²) in [5, 5.41) is 12.9. The maximum atomic E-state index is 9.50. The predicted molar refractivity (Wildman–Crippen MR) is 99.9 cm³/mol. The van der Waals surface area contributed by atoms with Gasteiger partial charge in [-0.3, -0.25) is 0 Å². The van der Waals surface area contributed by atoms with Gasteiger partial charge in [-0.05, 0) is 55.9 Å². The van der Waals surface area contributed by atoms with Gasteiger partial charge in [0.15, 0.2) is 6.29 Å². The number of rotatable bonds is 5. The number of aryl methyl sites for hydroxylation is 1. The van der Waals surface area contributed by atoms with E-state index >= 15 is 0 Å². The standard InChI is InChI=1S/C21H26N2O3/c1-13-6-8-15(9-7-13)18-5-3-4-16(25-18)12-23-20-14(2)17(10-11-22-20)19-21(24)26-19/h6-11,16,18-19,21,24H,3-5,12H2,1-2H3,(H,22,23)/t16-,18+,19?,21?/m1/s1. The summed E-state index contributed by atoms with van der Waals surface area (Å²) in [6.45, 7) is 4.84. The van der Waals surface area contributed by atoms with E-state index in [2.05, 4.69) is 41.5 Å². The Morgan fingerprint density at radius 3 is 2.62 bits per heavy atom. The summed E-state index contributed by atoms with van der Waals surface area (Å²) in [5.41, 5.74) is 4.56. The van der Waals surface area contributed by atoms with Crippen LogP contribution in [0.3, 0.4) is 0 Å². The number of aliphatic hydroxyl groups excluding tert-OH is 1. The highest BCUT2D eigenvalue weighted by atomic mass is 16.7. The average Bonchev–Trinajstić information content (AvgIpc) is 3.38. The average molecular weight is 354 g/mol. The van der Waals surface area contributed by atoms with Gasteiger partial charge >= 0.3 is 0 Å². The van der Waals surface area contributed by atoms with Gasteiger partial charge in [-0.25, -0.2) is 4.98 Å². The molecule has 26 heavy (non-hydrogen) atoms. The molecule has 2 aromatic rings. The number of benzene rings is 1. The van der Waals surface area contributed by atoms with Crippen LogP contribution in [0.15, 0.2) is 36.5 Å². The van der Waals surface area contributed by atoms with Crippen LogP contribution in [0, 0.1) is 13.8 Å². The summed E-state index contributed by atoms with van der Waals surface area (Å²) < 4.78 is 11.5. The van der Waals surface area contributed by atoms with E-state index in [-0.39, 0.29) is 18.3 Å². The van der Waals surface area contributed by atoms with Gasteiger partial charge < -0.3 is 19.9 Å². The smallest absolute Gasteiger partial charge is 0.186 e. The fourth-order valence-electron chi connectivity index (χ4n) is 3.66. The molecule has 5 nitrogen and oxygen atoms in total. The molecule has 5 heteroatoms. The van der Waals surface area contributed by atoms with Crippen LogP contribution in [0.4, 0.5) is 5.82 Å². The fraction of sp³-hybridized carbons (Fsp3) is 0.476. The molecule has 1 aromatic carbocycles. The number of nitrogens with one attached hydrogen (secondary N) is 1. The zero-order valence-corrected chi connectivity index (χ0v) is 15.3. The van der Waals surface area contributed by atoms with E-state index in [0.717, 1.165) is 36.3 Å². The van der Waals surface area contributed by atoms with Gasteiger partial charge in [0.1, 0.15) is 11.9 Å². The Labute approximate surface area is 154 Å². The maximum Gasteiger partial charge on any atom is 0.186 e. The van der Waals surface area contributed by atoms with Crippen LogP contribution in [0.1, 0.15) is 53.7 Å². The highest BCUT2D eigenvalue weighted by molar-refractivity contribution is 5.49. The lowest BCUT2D eigenvalue weighted by Crippen LogP contribution is -2.29. The van der Waals surface area contributed by atoms with Crippen LogP contribution >= 0.6 is 0 Å². The quantitative estimate of drug-likeness (QED) is 0.799. The molecule has 0 spiro atoms. The SMILES string of the molecule is Cc1ccc([C@@H]2CCC[C@H](CNc3nccc(C4OC4O)c3C)O2)cc1. The van der Waals surface area contributed by atoms with Crippen molar-refractivity contribution in [2.45, 2.75) is 57.7 Å². The molecule has 2 fully saturated rings. The number of nitrogens with zero attached hydrogens (tertiary/aromatic N) is 1. The second-order valence-corrected chi connectivity index (χ2v) is 7.29. The Morgan fingerprint density at radius 2 is 1.88 bits per heavy atom. The largest absolute Gasteiger partial charge is 0.368 e. The van der Waals surface area contributed by atoms with Crippen LogP contribution in [0.2, 0.25) is 0 Å². The number of pyridine rings is 1. The number of anilines is 1. The lowest BCUT2D eigenvalue weighted by molar-refractivity contribution is -0.0442. The van der Waals surface area contributed by atoms with E-state index in [4.69, 9.17) is 9.47 Å². The van der Waals surface area contributed by atoms with Gasteiger partial charge in [-0.15, -0.1) is 0 Å². The molecular formula is C21H26N2O3.